The van der Waals surface area contributed by atoms with Gasteiger partial charge in [-0.3, -0.25) is 4.79 Å². The van der Waals surface area contributed by atoms with Crippen molar-refractivity contribution in [3.8, 4) is 0 Å². The smallest absolute Gasteiger partial charge is 0.221 e. The van der Waals surface area contributed by atoms with E-state index in [9.17, 15) is 13.2 Å². The van der Waals surface area contributed by atoms with Crippen molar-refractivity contribution in [2.45, 2.75) is 38.3 Å². The van der Waals surface area contributed by atoms with Crippen LogP contribution >= 0.6 is 0 Å². The van der Waals surface area contributed by atoms with Crippen LogP contribution in [0.25, 0.3) is 0 Å². The number of hydrogen-bond donors (Lipinski definition) is 2. The quantitative estimate of drug-likeness (QED) is 0.673. The van der Waals surface area contributed by atoms with Crippen LogP contribution in [0.3, 0.4) is 0 Å². The van der Waals surface area contributed by atoms with Gasteiger partial charge < -0.3 is 11.1 Å². The van der Waals surface area contributed by atoms with E-state index in [4.69, 9.17) is 5.73 Å². The molecule has 0 radical (unpaired) electrons. The van der Waals surface area contributed by atoms with Gasteiger partial charge in [0.15, 0.2) is 0 Å². The summed E-state index contributed by atoms with van der Waals surface area (Å²) in [6.45, 7) is 1.68. The van der Waals surface area contributed by atoms with Crippen LogP contribution in [0.2, 0.25) is 0 Å². The number of rotatable bonds is 6. The van der Waals surface area contributed by atoms with Gasteiger partial charge in [-0.25, -0.2) is 8.42 Å². The summed E-state index contributed by atoms with van der Waals surface area (Å²) in [5, 5.41) is 2.65. The van der Waals surface area contributed by atoms with Gasteiger partial charge in [0.2, 0.25) is 5.91 Å². The van der Waals surface area contributed by atoms with Gasteiger partial charge in [0.25, 0.3) is 0 Å². The van der Waals surface area contributed by atoms with Gasteiger partial charge in [0.1, 0.15) is 9.84 Å². The molecule has 2 atom stereocenters. The van der Waals surface area contributed by atoms with Crippen LogP contribution in [-0.2, 0) is 14.6 Å². The molecule has 3 N–H and O–H groups in total. The van der Waals surface area contributed by atoms with Crippen LogP contribution < -0.4 is 11.1 Å². The highest BCUT2D eigenvalue weighted by Crippen LogP contribution is 2.32. The van der Waals surface area contributed by atoms with Gasteiger partial charge in [0.05, 0.1) is 5.75 Å². The van der Waals surface area contributed by atoms with Crippen molar-refractivity contribution >= 4 is 15.7 Å². The molecule has 0 aromatic rings. The summed E-state index contributed by atoms with van der Waals surface area (Å²) < 4.78 is 22.0. The first-order valence-electron chi connectivity index (χ1n) is 5.50. The Morgan fingerprint density at radius 2 is 2.06 bits per heavy atom. The van der Waals surface area contributed by atoms with E-state index in [0.717, 1.165) is 19.1 Å². The molecule has 2 unspecified atom stereocenters. The maximum atomic E-state index is 11.5. The van der Waals surface area contributed by atoms with Crippen LogP contribution in [0, 0.1) is 5.92 Å². The molecule has 0 bridgehead atoms. The standard InChI is InChI=1S/C10H20N2O3S/c1-7(6-16(2,14)15)12-10(13)5-9(11)8-3-4-8/h7-9H,3-6,11H2,1-2H3,(H,12,13). The van der Waals surface area contributed by atoms with E-state index in [1.54, 1.807) is 6.92 Å². The molecule has 0 aromatic heterocycles. The molecule has 0 saturated heterocycles. The zero-order valence-electron chi connectivity index (χ0n) is 9.77. The van der Waals surface area contributed by atoms with Gasteiger partial charge in [-0.2, -0.15) is 0 Å². The fourth-order valence-corrected chi connectivity index (χ4v) is 2.73. The van der Waals surface area contributed by atoms with Gasteiger partial charge in [0, 0.05) is 24.8 Å². The molecule has 1 fully saturated rings. The SMILES string of the molecule is CC(CS(C)(=O)=O)NC(=O)CC(N)C1CC1. The van der Waals surface area contributed by atoms with E-state index < -0.39 is 9.84 Å². The largest absolute Gasteiger partial charge is 0.353 e. The predicted octanol–water partition coefficient (Wildman–Crippen LogP) is -0.337. The van der Waals surface area contributed by atoms with E-state index in [1.807, 2.05) is 0 Å². The Kier molecular flexibility index (Phi) is 4.32. The van der Waals surface area contributed by atoms with E-state index in [-0.39, 0.29) is 23.7 Å². The van der Waals surface area contributed by atoms with Crippen molar-refractivity contribution in [1.82, 2.24) is 5.32 Å². The normalized spacial score (nSPS) is 20.2. The summed E-state index contributed by atoms with van der Waals surface area (Å²) in [7, 11) is -3.05. The highest BCUT2D eigenvalue weighted by Gasteiger charge is 2.30. The van der Waals surface area contributed by atoms with Crippen molar-refractivity contribution in [1.29, 1.82) is 0 Å². The van der Waals surface area contributed by atoms with Crippen LogP contribution in [0.4, 0.5) is 0 Å². The zero-order chi connectivity index (χ0) is 12.3. The minimum absolute atomic E-state index is 0.0304. The number of amides is 1. The van der Waals surface area contributed by atoms with E-state index >= 15 is 0 Å². The third-order valence-electron chi connectivity index (χ3n) is 2.61. The van der Waals surface area contributed by atoms with Gasteiger partial charge in [-0.15, -0.1) is 0 Å². The van der Waals surface area contributed by atoms with Gasteiger partial charge in [-0.1, -0.05) is 0 Å². The number of sulfone groups is 1. The fourth-order valence-electron chi connectivity index (χ4n) is 1.73. The van der Waals surface area contributed by atoms with Crippen molar-refractivity contribution in [2.24, 2.45) is 11.7 Å². The fraction of sp³-hybridized carbons (Fsp3) is 0.900. The first-order valence-corrected chi connectivity index (χ1v) is 7.56. The first kappa shape index (κ1) is 13.4. The molecule has 5 nitrogen and oxygen atoms in total. The van der Waals surface area contributed by atoms with Crippen molar-refractivity contribution < 1.29 is 13.2 Å². The second-order valence-corrected chi connectivity index (χ2v) is 6.95. The minimum Gasteiger partial charge on any atom is -0.353 e. The van der Waals surface area contributed by atoms with Crippen LogP contribution in [0.1, 0.15) is 26.2 Å². The highest BCUT2D eigenvalue weighted by molar-refractivity contribution is 7.90. The molecular formula is C10H20N2O3S. The Balaban J connectivity index is 2.27. The lowest BCUT2D eigenvalue weighted by Gasteiger charge is -2.15. The molecule has 0 heterocycles. The predicted molar refractivity (Wildman–Crippen MR) is 62.6 cm³/mol. The lowest BCUT2D eigenvalue weighted by Crippen LogP contribution is -2.40. The Morgan fingerprint density at radius 3 is 2.50 bits per heavy atom. The maximum absolute atomic E-state index is 11.5. The highest BCUT2D eigenvalue weighted by atomic mass is 32.2. The molecule has 6 heteroatoms. The van der Waals surface area contributed by atoms with Crippen molar-refractivity contribution in [3.05, 3.63) is 0 Å². The summed E-state index contributed by atoms with van der Waals surface area (Å²) in [5.74, 6) is 0.295. The van der Waals surface area contributed by atoms with E-state index in [2.05, 4.69) is 5.32 Å². The number of carbonyl (C=O) groups is 1. The molecule has 1 aliphatic rings. The Bertz CT molecular complexity index is 349. The van der Waals surface area contributed by atoms with Crippen molar-refractivity contribution in [2.75, 3.05) is 12.0 Å². The molecule has 1 amide bonds. The van der Waals surface area contributed by atoms with Crippen LogP contribution in [0.5, 0.6) is 0 Å². The summed E-state index contributed by atoms with van der Waals surface area (Å²) in [4.78, 5) is 11.5. The van der Waals surface area contributed by atoms with E-state index in [1.165, 1.54) is 0 Å². The summed E-state index contributed by atoms with van der Waals surface area (Å²) in [6.07, 6.45) is 3.66. The Labute approximate surface area is 96.7 Å². The maximum Gasteiger partial charge on any atom is 0.221 e. The molecule has 94 valence electrons. The number of nitrogens with one attached hydrogen (secondary N) is 1. The topological polar surface area (TPSA) is 89.3 Å². The molecule has 1 saturated carbocycles. The average Bonchev–Trinajstić information content (AvgIpc) is 2.79. The second-order valence-electron chi connectivity index (χ2n) is 4.77. The van der Waals surface area contributed by atoms with Crippen LogP contribution in [0.15, 0.2) is 0 Å². The molecule has 0 aromatic carbocycles. The van der Waals surface area contributed by atoms with E-state index in [0.29, 0.717) is 12.3 Å². The lowest BCUT2D eigenvalue weighted by molar-refractivity contribution is -0.121. The third kappa shape index (κ3) is 5.46. The molecule has 0 spiro atoms. The molecule has 1 aliphatic carbocycles. The van der Waals surface area contributed by atoms with Gasteiger partial charge in [-0.05, 0) is 25.7 Å². The number of hydrogen-bond acceptors (Lipinski definition) is 4. The monoisotopic (exact) mass is 248 g/mol. The zero-order valence-corrected chi connectivity index (χ0v) is 10.6. The minimum atomic E-state index is -3.05. The molecular weight excluding hydrogens is 228 g/mol. The first-order chi connectivity index (χ1) is 7.28. The Morgan fingerprint density at radius 1 is 1.50 bits per heavy atom. The summed E-state index contributed by atoms with van der Waals surface area (Å²) in [5.41, 5.74) is 5.80. The summed E-state index contributed by atoms with van der Waals surface area (Å²) >= 11 is 0. The summed E-state index contributed by atoms with van der Waals surface area (Å²) in [6, 6.07) is -0.431. The van der Waals surface area contributed by atoms with Crippen molar-refractivity contribution in [3.63, 3.8) is 0 Å². The van der Waals surface area contributed by atoms with Crippen LogP contribution in [-0.4, -0.2) is 38.4 Å². The molecule has 1 rings (SSSR count). The molecule has 16 heavy (non-hydrogen) atoms. The Hall–Kier alpha value is -0.620. The third-order valence-corrected chi connectivity index (χ3v) is 3.71. The number of carbonyl (C=O) groups excluding carboxylic acids is 1. The lowest BCUT2D eigenvalue weighted by atomic mass is 10.1. The number of nitrogens with two attached hydrogens (primary N) is 1. The second kappa shape index (κ2) is 5.14. The average molecular weight is 248 g/mol. The van der Waals surface area contributed by atoms with Gasteiger partial charge >= 0.3 is 0 Å². The molecule has 0 aliphatic heterocycles.